The number of carboxylic acids is 1. The summed E-state index contributed by atoms with van der Waals surface area (Å²) in [6.45, 7) is 3.67. The van der Waals surface area contributed by atoms with Gasteiger partial charge in [0.1, 0.15) is 0 Å². The van der Waals surface area contributed by atoms with Crippen molar-refractivity contribution in [2.75, 3.05) is 6.61 Å². The molecule has 0 unspecified atom stereocenters. The molecule has 0 aliphatic rings. The van der Waals surface area contributed by atoms with Crippen molar-refractivity contribution < 1.29 is 29.3 Å². The number of hydrogen-bond acceptors (Lipinski definition) is 5. The summed E-state index contributed by atoms with van der Waals surface area (Å²) < 4.78 is 5.51. The molecular formula is C28H24N2O6. The Labute approximate surface area is 205 Å². The maximum Gasteiger partial charge on any atom is 0.372 e. The van der Waals surface area contributed by atoms with E-state index in [0.29, 0.717) is 22.8 Å². The van der Waals surface area contributed by atoms with E-state index in [0.717, 1.165) is 27.7 Å². The van der Waals surface area contributed by atoms with E-state index in [9.17, 15) is 24.9 Å². The van der Waals surface area contributed by atoms with E-state index in [1.54, 1.807) is 24.5 Å². The van der Waals surface area contributed by atoms with E-state index in [1.807, 2.05) is 44.2 Å². The van der Waals surface area contributed by atoms with Crippen molar-refractivity contribution in [1.29, 1.82) is 0 Å². The highest BCUT2D eigenvalue weighted by Crippen LogP contribution is 2.43. The minimum atomic E-state index is -1.40. The van der Waals surface area contributed by atoms with Crippen molar-refractivity contribution in [3.63, 3.8) is 0 Å². The van der Waals surface area contributed by atoms with Gasteiger partial charge in [0.05, 0.1) is 17.7 Å². The van der Waals surface area contributed by atoms with Crippen LogP contribution in [0.1, 0.15) is 44.7 Å². The predicted octanol–water partition coefficient (Wildman–Crippen LogP) is 5.33. The molecule has 182 valence electrons. The van der Waals surface area contributed by atoms with Crippen LogP contribution in [-0.2, 0) is 6.42 Å². The first-order valence-electron chi connectivity index (χ1n) is 11.4. The van der Waals surface area contributed by atoms with Gasteiger partial charge in [-0.3, -0.25) is 4.79 Å². The van der Waals surface area contributed by atoms with Crippen LogP contribution in [0, 0.1) is 6.92 Å². The molecule has 0 spiro atoms. The van der Waals surface area contributed by atoms with Gasteiger partial charge in [-0.25, -0.2) is 4.79 Å². The predicted molar refractivity (Wildman–Crippen MR) is 136 cm³/mol. The lowest BCUT2D eigenvalue weighted by Crippen LogP contribution is -2.00. The third-order valence-corrected chi connectivity index (χ3v) is 6.44. The Morgan fingerprint density at radius 1 is 1.06 bits per heavy atom. The monoisotopic (exact) mass is 484 g/mol. The number of H-pyrrole nitrogens is 2. The van der Waals surface area contributed by atoms with Crippen molar-refractivity contribution in [1.82, 2.24) is 9.97 Å². The molecule has 0 atom stereocenters. The Kier molecular flexibility index (Phi) is 5.74. The molecule has 8 heteroatoms. The Hall–Kier alpha value is -4.56. The van der Waals surface area contributed by atoms with E-state index in [4.69, 9.17) is 4.42 Å². The Bertz CT molecular complexity index is 1680. The molecule has 0 aliphatic heterocycles. The van der Waals surface area contributed by atoms with Crippen LogP contribution in [0.2, 0.25) is 0 Å². The first-order valence-corrected chi connectivity index (χ1v) is 11.4. The van der Waals surface area contributed by atoms with Gasteiger partial charge in [-0.2, -0.15) is 0 Å². The van der Waals surface area contributed by atoms with Crippen LogP contribution in [0.5, 0.6) is 5.75 Å². The van der Waals surface area contributed by atoms with Gasteiger partial charge in [0.15, 0.2) is 5.75 Å². The number of aryl methyl sites for hydroxylation is 1. The van der Waals surface area contributed by atoms with Crippen LogP contribution in [0.3, 0.4) is 0 Å². The van der Waals surface area contributed by atoms with E-state index < -0.39 is 29.0 Å². The summed E-state index contributed by atoms with van der Waals surface area (Å²) in [7, 11) is 0. The minimum absolute atomic E-state index is 0.0358. The normalized spacial score (nSPS) is 12.0. The second-order valence-corrected chi connectivity index (χ2v) is 8.77. The van der Waals surface area contributed by atoms with Crippen molar-refractivity contribution in [3.8, 4) is 16.9 Å². The summed E-state index contributed by atoms with van der Waals surface area (Å²) >= 11 is 0. The number of benzene rings is 2. The molecule has 36 heavy (non-hydrogen) atoms. The Morgan fingerprint density at radius 3 is 2.58 bits per heavy atom. The van der Waals surface area contributed by atoms with E-state index in [2.05, 4.69) is 9.97 Å². The number of carbonyl (C=O) groups excluding carboxylic acids is 1. The standard InChI is InChI=1S/C28H24N2O6/c1-14(13-31)7-9-16-10-8-15(2)21-19(12-30-23(16)21)24(32)27-25(33)22(26(36-27)28(34)35)18-11-29-20-6-4-3-5-17(18)20/h3-8,10-12,29-31,33H,9,13H2,1-2H3,(H,34,35). The number of aliphatic hydroxyl groups excluding tert-OH is 1. The fourth-order valence-corrected chi connectivity index (χ4v) is 4.55. The van der Waals surface area contributed by atoms with E-state index >= 15 is 0 Å². The van der Waals surface area contributed by atoms with Crippen molar-refractivity contribution in [2.24, 2.45) is 0 Å². The summed E-state index contributed by atoms with van der Waals surface area (Å²) in [5.41, 5.74) is 4.73. The van der Waals surface area contributed by atoms with Gasteiger partial charge >= 0.3 is 5.97 Å². The van der Waals surface area contributed by atoms with E-state index in [-0.39, 0.29) is 17.7 Å². The zero-order chi connectivity index (χ0) is 25.6. The highest BCUT2D eigenvalue weighted by molar-refractivity contribution is 6.19. The van der Waals surface area contributed by atoms with Gasteiger partial charge in [-0.15, -0.1) is 0 Å². The van der Waals surface area contributed by atoms with Crippen LogP contribution < -0.4 is 0 Å². The van der Waals surface area contributed by atoms with Gasteiger partial charge in [0.25, 0.3) is 0 Å². The number of aliphatic hydroxyl groups is 1. The molecule has 0 bridgehead atoms. The molecule has 3 aromatic heterocycles. The molecular weight excluding hydrogens is 460 g/mol. The Morgan fingerprint density at radius 2 is 1.83 bits per heavy atom. The number of aromatic amines is 2. The zero-order valence-corrected chi connectivity index (χ0v) is 19.7. The number of ketones is 1. The highest BCUT2D eigenvalue weighted by Gasteiger charge is 2.32. The number of nitrogens with one attached hydrogen (secondary N) is 2. The molecule has 0 fully saturated rings. The molecule has 0 saturated heterocycles. The van der Waals surface area contributed by atoms with Crippen LogP contribution >= 0.6 is 0 Å². The molecule has 0 aliphatic carbocycles. The maximum atomic E-state index is 13.6. The van der Waals surface area contributed by atoms with Gasteiger partial charge in [-0.05, 0) is 37.5 Å². The first-order chi connectivity index (χ1) is 17.3. The number of hydrogen-bond donors (Lipinski definition) is 5. The van der Waals surface area contributed by atoms with Crippen LogP contribution in [0.15, 0.2) is 64.9 Å². The molecule has 0 saturated carbocycles. The van der Waals surface area contributed by atoms with Crippen LogP contribution in [-0.4, -0.2) is 43.6 Å². The molecule has 5 rings (SSSR count). The first kappa shape index (κ1) is 23.2. The third-order valence-electron chi connectivity index (χ3n) is 6.44. The maximum absolute atomic E-state index is 13.6. The van der Waals surface area contributed by atoms with Gasteiger partial charge in [0.2, 0.25) is 17.3 Å². The van der Waals surface area contributed by atoms with Crippen molar-refractivity contribution >= 4 is 33.6 Å². The zero-order valence-electron chi connectivity index (χ0n) is 19.7. The second-order valence-electron chi connectivity index (χ2n) is 8.77. The van der Waals surface area contributed by atoms with E-state index in [1.165, 1.54) is 0 Å². The second kappa shape index (κ2) is 8.90. The molecule has 0 amide bonds. The fraction of sp³-hybridized carbons (Fsp3) is 0.143. The quantitative estimate of drug-likeness (QED) is 0.156. The highest BCUT2D eigenvalue weighted by atomic mass is 16.4. The number of carboxylic acid groups (broad SMARTS) is 1. The number of para-hydroxylation sites is 1. The lowest BCUT2D eigenvalue weighted by atomic mass is 9.98. The molecule has 8 nitrogen and oxygen atoms in total. The lowest BCUT2D eigenvalue weighted by molar-refractivity contribution is 0.0661. The van der Waals surface area contributed by atoms with Crippen LogP contribution in [0.4, 0.5) is 0 Å². The molecule has 0 radical (unpaired) electrons. The molecule has 5 aromatic rings. The summed E-state index contributed by atoms with van der Waals surface area (Å²) in [4.78, 5) is 31.9. The van der Waals surface area contributed by atoms with Crippen molar-refractivity contribution in [2.45, 2.75) is 20.3 Å². The smallest absolute Gasteiger partial charge is 0.372 e. The number of fused-ring (bicyclic) bond motifs is 2. The van der Waals surface area contributed by atoms with Crippen LogP contribution in [0.25, 0.3) is 32.9 Å². The van der Waals surface area contributed by atoms with Gasteiger partial charge in [0, 0.05) is 39.8 Å². The number of aromatic hydroxyl groups is 1. The number of carbonyl (C=O) groups is 2. The number of aromatic nitrogens is 2. The minimum Gasteiger partial charge on any atom is -0.504 e. The summed E-state index contributed by atoms with van der Waals surface area (Å²) in [6.07, 6.45) is 5.59. The third kappa shape index (κ3) is 3.68. The van der Waals surface area contributed by atoms with Crippen molar-refractivity contribution in [3.05, 3.63) is 88.7 Å². The van der Waals surface area contributed by atoms with Gasteiger partial charge < -0.3 is 29.7 Å². The number of allylic oxidation sites excluding steroid dienone is 1. The van der Waals surface area contributed by atoms with Gasteiger partial charge in [-0.1, -0.05) is 42.0 Å². The summed E-state index contributed by atoms with van der Waals surface area (Å²) in [6, 6.07) is 11.1. The topological polar surface area (TPSA) is 140 Å². The summed E-state index contributed by atoms with van der Waals surface area (Å²) in [5, 5.41) is 31.5. The average molecular weight is 485 g/mol. The largest absolute Gasteiger partial charge is 0.504 e. The Balaban J connectivity index is 1.65. The molecule has 2 aromatic carbocycles. The number of aromatic carboxylic acids is 1. The number of furan rings is 1. The lowest BCUT2D eigenvalue weighted by Gasteiger charge is -2.06. The summed E-state index contributed by atoms with van der Waals surface area (Å²) in [5.74, 6) is -3.49. The average Bonchev–Trinajstić information content (AvgIpc) is 3.58. The SMILES string of the molecule is CC(=CCc1ccc(C)c2c(C(=O)c3oc(C(=O)O)c(-c4c[nH]c5ccccc45)c3O)c[nH]c12)CO. The molecule has 3 heterocycles. The number of rotatable bonds is 7. The fourth-order valence-electron chi connectivity index (χ4n) is 4.55. The molecule has 5 N–H and O–H groups in total.